The number of benzene rings is 2. The maximum absolute atomic E-state index is 8.41. The minimum atomic E-state index is -0.366. The van der Waals surface area contributed by atoms with Crippen molar-refractivity contribution in [1.82, 2.24) is 0 Å². The first-order chi connectivity index (χ1) is 10.7. The molecule has 17 heavy (non-hydrogen) atoms. The number of fused-ring (bicyclic) bond motifs is 3. The Bertz CT molecular complexity index is 976. The van der Waals surface area contributed by atoms with Gasteiger partial charge in [-0.15, -0.1) is 0 Å². The van der Waals surface area contributed by atoms with Gasteiger partial charge >= 0.3 is 0 Å². The van der Waals surface area contributed by atoms with Gasteiger partial charge in [0.2, 0.25) is 0 Å². The molecule has 0 aliphatic heterocycles. The summed E-state index contributed by atoms with van der Waals surface area (Å²) in [5, 5.41) is 0.366. The lowest BCUT2D eigenvalue weighted by Gasteiger charge is -2.04. The molecule has 0 saturated carbocycles. The average Bonchev–Trinajstić information content (AvgIpc) is 2.89. The van der Waals surface area contributed by atoms with Gasteiger partial charge in [-0.05, 0) is 35.7 Å². The Labute approximate surface area is 113 Å². The molecular weight excluding hydrogens is 232 g/mol. The monoisotopic (exact) mass is 250 g/mol. The molecule has 3 rings (SSSR count). The van der Waals surface area contributed by atoms with E-state index in [1.165, 1.54) is 0 Å². The van der Waals surface area contributed by atoms with Crippen molar-refractivity contribution in [2.24, 2.45) is 0 Å². The summed E-state index contributed by atoms with van der Waals surface area (Å²) in [6.45, 7) is 3.66. The Kier molecular flexibility index (Phi) is 1.32. The fourth-order valence-corrected chi connectivity index (χ4v) is 1.95. The van der Waals surface area contributed by atoms with Crippen LogP contribution in [0.25, 0.3) is 21.9 Å². The Balaban J connectivity index is 2.69. The summed E-state index contributed by atoms with van der Waals surface area (Å²) in [6, 6.07) is -1.22. The van der Waals surface area contributed by atoms with Crippen molar-refractivity contribution >= 4 is 33.5 Å². The lowest BCUT2D eigenvalue weighted by Crippen LogP contribution is -1.85. The van der Waals surface area contributed by atoms with Crippen molar-refractivity contribution in [3.05, 3.63) is 46.8 Å². The van der Waals surface area contributed by atoms with Crippen LogP contribution in [0.15, 0.2) is 40.7 Å². The van der Waals surface area contributed by atoms with Gasteiger partial charge in [-0.3, -0.25) is 0 Å². The Morgan fingerprint density at radius 3 is 2.76 bits per heavy atom. The lowest BCUT2D eigenvalue weighted by atomic mass is 10.0. The summed E-state index contributed by atoms with van der Waals surface area (Å²) in [6.07, 6.45) is 0. The summed E-state index contributed by atoms with van der Waals surface area (Å²) >= 11 is 6.18. The van der Waals surface area contributed by atoms with E-state index in [-0.39, 0.29) is 69.1 Å². The highest BCUT2D eigenvalue weighted by molar-refractivity contribution is 6.37. The Morgan fingerprint density at radius 1 is 1.18 bits per heavy atom. The molecule has 3 aromatic rings. The van der Waals surface area contributed by atoms with Gasteiger partial charge < -0.3 is 4.42 Å². The second kappa shape index (κ2) is 3.78. The molecule has 86 valence electrons. The first kappa shape index (κ1) is 5.92. The molecule has 2 heteroatoms. The minimum Gasteiger partial charge on any atom is -0.456 e. The predicted molar refractivity (Wildman–Crippen MR) is 72.8 cm³/mol. The van der Waals surface area contributed by atoms with Crippen molar-refractivity contribution in [3.8, 4) is 0 Å². The minimum absolute atomic E-state index is 0.000185. The third-order valence-electron chi connectivity index (χ3n) is 2.62. The van der Waals surface area contributed by atoms with Crippen LogP contribution in [-0.2, 0) is 0 Å². The molecule has 1 heterocycles. The van der Waals surface area contributed by atoms with E-state index < -0.39 is 0 Å². The molecule has 0 N–H and O–H groups in total. The van der Waals surface area contributed by atoms with E-state index in [0.29, 0.717) is 5.56 Å². The van der Waals surface area contributed by atoms with Gasteiger partial charge in [-0.1, -0.05) is 37.5 Å². The molecule has 0 amide bonds. The van der Waals surface area contributed by atoms with E-state index in [0.717, 1.165) is 0 Å². The quantitative estimate of drug-likeness (QED) is 0.566. The normalized spacial score (nSPS) is 16.7. The topological polar surface area (TPSA) is 13.1 Å². The smallest absolute Gasteiger partial charge is 0.136 e. The molecule has 0 radical (unpaired) electrons. The maximum Gasteiger partial charge on any atom is 0.136 e. The molecule has 0 aliphatic rings. The zero-order valence-electron chi connectivity index (χ0n) is 15.4. The van der Waals surface area contributed by atoms with Crippen LogP contribution in [0, 0.1) is 0 Å². The van der Waals surface area contributed by atoms with Crippen LogP contribution in [-0.4, -0.2) is 0 Å². The number of rotatable bonds is 1. The molecule has 0 aliphatic carbocycles. The van der Waals surface area contributed by atoms with Crippen molar-refractivity contribution in [1.29, 1.82) is 0 Å². The molecule has 1 aromatic heterocycles. The van der Waals surface area contributed by atoms with Gasteiger partial charge in [0.15, 0.2) is 0 Å². The standard InChI is InChI=1S/C15H13ClO/c1-9(2)10-6-7-13-11(8-10)15-12(16)4-3-5-14(15)17-13/h3-9H,1-2H3/i3D,4D,5D,6D,7D,8D. The van der Waals surface area contributed by atoms with Crippen LogP contribution in [0.3, 0.4) is 0 Å². The predicted octanol–water partition coefficient (Wildman–Crippen LogP) is 5.36. The zero-order valence-corrected chi connectivity index (χ0v) is 10.1. The summed E-state index contributed by atoms with van der Waals surface area (Å²) in [5.74, 6) is -0.145. The van der Waals surface area contributed by atoms with E-state index in [1.54, 1.807) is 0 Å². The summed E-state index contributed by atoms with van der Waals surface area (Å²) in [4.78, 5) is 0. The van der Waals surface area contributed by atoms with Gasteiger partial charge in [-0.2, -0.15) is 0 Å². The van der Waals surface area contributed by atoms with Crippen molar-refractivity contribution in [3.63, 3.8) is 0 Å². The second-order valence-corrected chi connectivity index (χ2v) is 4.52. The molecule has 2 aromatic carbocycles. The summed E-state index contributed by atoms with van der Waals surface area (Å²) in [5.41, 5.74) is 0.377. The van der Waals surface area contributed by atoms with Crippen molar-refractivity contribution in [2.45, 2.75) is 19.8 Å². The van der Waals surface area contributed by atoms with Gasteiger partial charge in [0.1, 0.15) is 11.2 Å². The first-order valence-corrected chi connectivity index (χ1v) is 5.67. The van der Waals surface area contributed by atoms with E-state index in [9.17, 15) is 0 Å². The SMILES string of the molecule is [2H]c1c(C(C)C)c([2H])c2c(oc3c([2H])c([2H])c([2H])c(Cl)c32)c1[2H]. The molecular formula is C15H13ClO. The molecule has 0 atom stereocenters. The summed E-state index contributed by atoms with van der Waals surface area (Å²) in [7, 11) is 0. The van der Waals surface area contributed by atoms with Gasteiger partial charge in [0.05, 0.1) is 13.2 Å². The lowest BCUT2D eigenvalue weighted by molar-refractivity contribution is 0.668. The highest BCUT2D eigenvalue weighted by atomic mass is 35.5. The molecule has 0 unspecified atom stereocenters. The van der Waals surface area contributed by atoms with Crippen LogP contribution in [0.1, 0.15) is 33.6 Å². The number of hydrogen-bond donors (Lipinski definition) is 0. The third kappa shape index (κ3) is 1.62. The highest BCUT2D eigenvalue weighted by Crippen LogP contribution is 2.35. The molecule has 0 fully saturated rings. The number of hydrogen-bond acceptors (Lipinski definition) is 1. The zero-order chi connectivity index (χ0) is 17.2. The van der Waals surface area contributed by atoms with Crippen LogP contribution in [0.2, 0.25) is 5.02 Å². The maximum atomic E-state index is 8.41. The van der Waals surface area contributed by atoms with Gasteiger partial charge in [0.25, 0.3) is 0 Å². The summed E-state index contributed by atoms with van der Waals surface area (Å²) < 4.78 is 53.7. The van der Waals surface area contributed by atoms with E-state index in [4.69, 9.17) is 24.2 Å². The van der Waals surface area contributed by atoms with Crippen LogP contribution < -0.4 is 0 Å². The molecule has 1 nitrogen and oxygen atoms in total. The van der Waals surface area contributed by atoms with E-state index in [1.807, 2.05) is 13.8 Å². The van der Waals surface area contributed by atoms with Crippen molar-refractivity contribution < 1.29 is 12.6 Å². The Hall–Kier alpha value is -1.47. The number of furan rings is 1. The third-order valence-corrected chi connectivity index (χ3v) is 2.91. The van der Waals surface area contributed by atoms with E-state index in [2.05, 4.69) is 0 Å². The van der Waals surface area contributed by atoms with Crippen LogP contribution in [0.5, 0.6) is 0 Å². The van der Waals surface area contributed by atoms with Crippen LogP contribution >= 0.6 is 11.6 Å². The Morgan fingerprint density at radius 2 is 2.00 bits per heavy atom. The fraction of sp³-hybridized carbons (Fsp3) is 0.200. The van der Waals surface area contributed by atoms with Gasteiger partial charge in [-0.25, -0.2) is 0 Å². The van der Waals surface area contributed by atoms with Crippen molar-refractivity contribution in [2.75, 3.05) is 0 Å². The largest absolute Gasteiger partial charge is 0.456 e. The van der Waals surface area contributed by atoms with Crippen LogP contribution in [0.4, 0.5) is 0 Å². The average molecular weight is 251 g/mol. The fourth-order valence-electron chi connectivity index (χ4n) is 1.72. The molecule has 0 bridgehead atoms. The molecule has 0 saturated heterocycles. The molecule has 0 spiro atoms. The second-order valence-electron chi connectivity index (χ2n) is 4.14. The first-order valence-electron chi connectivity index (χ1n) is 8.29. The number of halogens is 1. The highest BCUT2D eigenvalue weighted by Gasteiger charge is 2.11. The van der Waals surface area contributed by atoms with Gasteiger partial charge in [0, 0.05) is 10.8 Å². The van der Waals surface area contributed by atoms with E-state index >= 15 is 0 Å².